The fourth-order valence-corrected chi connectivity index (χ4v) is 1.69. The Kier molecular flexibility index (Phi) is 4.06. The van der Waals surface area contributed by atoms with Crippen LogP contribution in [0.5, 0.6) is 0 Å². The van der Waals surface area contributed by atoms with Crippen molar-refractivity contribution in [2.45, 2.75) is 26.2 Å². The molecular formula is C9H18F2N2. The van der Waals surface area contributed by atoms with E-state index in [9.17, 15) is 8.78 Å². The van der Waals surface area contributed by atoms with Crippen molar-refractivity contribution in [1.82, 2.24) is 10.6 Å². The molecule has 1 saturated heterocycles. The second-order valence-electron chi connectivity index (χ2n) is 4.08. The lowest BCUT2D eigenvalue weighted by atomic mass is 9.81. The molecule has 2 N–H and O–H groups in total. The summed E-state index contributed by atoms with van der Waals surface area (Å²) < 4.78 is 23.7. The summed E-state index contributed by atoms with van der Waals surface area (Å²) in [7, 11) is 0. The van der Waals surface area contributed by atoms with Gasteiger partial charge in [-0.05, 0) is 31.3 Å². The number of hydrogen-bond acceptors (Lipinski definition) is 2. The van der Waals surface area contributed by atoms with Gasteiger partial charge in [0.05, 0.1) is 6.54 Å². The van der Waals surface area contributed by atoms with Crippen LogP contribution in [0.3, 0.4) is 0 Å². The molecule has 1 fully saturated rings. The van der Waals surface area contributed by atoms with Gasteiger partial charge in [-0.15, -0.1) is 0 Å². The van der Waals surface area contributed by atoms with E-state index in [4.69, 9.17) is 0 Å². The normalized spacial score (nSPS) is 22.2. The zero-order chi connectivity index (χ0) is 9.73. The highest BCUT2D eigenvalue weighted by atomic mass is 19.3. The lowest BCUT2D eigenvalue weighted by Crippen LogP contribution is -2.42. The van der Waals surface area contributed by atoms with E-state index in [1.807, 2.05) is 0 Å². The fourth-order valence-electron chi connectivity index (χ4n) is 1.69. The molecule has 0 saturated carbocycles. The Morgan fingerprint density at radius 1 is 1.38 bits per heavy atom. The molecule has 1 rings (SSSR count). The van der Waals surface area contributed by atoms with E-state index in [1.165, 1.54) is 0 Å². The summed E-state index contributed by atoms with van der Waals surface area (Å²) in [4.78, 5) is 0. The number of nitrogens with one attached hydrogen (secondary N) is 2. The molecule has 1 aliphatic rings. The number of piperidine rings is 1. The highest BCUT2D eigenvalue weighted by Gasteiger charge is 2.26. The molecule has 0 amide bonds. The van der Waals surface area contributed by atoms with Gasteiger partial charge in [0.25, 0.3) is 6.43 Å². The van der Waals surface area contributed by atoms with E-state index in [0.717, 1.165) is 25.9 Å². The minimum Gasteiger partial charge on any atom is -0.317 e. The van der Waals surface area contributed by atoms with E-state index < -0.39 is 6.43 Å². The predicted molar refractivity (Wildman–Crippen MR) is 49.1 cm³/mol. The van der Waals surface area contributed by atoms with E-state index >= 15 is 0 Å². The first-order chi connectivity index (χ1) is 6.12. The van der Waals surface area contributed by atoms with Crippen molar-refractivity contribution < 1.29 is 8.78 Å². The van der Waals surface area contributed by atoms with Crippen molar-refractivity contribution in [3.05, 3.63) is 0 Å². The van der Waals surface area contributed by atoms with Crippen LogP contribution in [0, 0.1) is 5.41 Å². The number of rotatable bonds is 4. The van der Waals surface area contributed by atoms with Gasteiger partial charge in [0.15, 0.2) is 0 Å². The first-order valence-electron chi connectivity index (χ1n) is 4.82. The third-order valence-corrected chi connectivity index (χ3v) is 2.66. The van der Waals surface area contributed by atoms with Crippen LogP contribution >= 0.6 is 0 Å². The third kappa shape index (κ3) is 4.00. The quantitative estimate of drug-likeness (QED) is 0.700. The Bertz CT molecular complexity index is 145. The van der Waals surface area contributed by atoms with E-state index in [0.29, 0.717) is 6.54 Å². The number of halogens is 2. The average molecular weight is 192 g/mol. The molecule has 0 aromatic carbocycles. The molecular weight excluding hydrogens is 174 g/mol. The second kappa shape index (κ2) is 4.86. The summed E-state index contributed by atoms with van der Waals surface area (Å²) in [6.45, 7) is 4.70. The van der Waals surface area contributed by atoms with Gasteiger partial charge >= 0.3 is 0 Å². The molecule has 0 bridgehead atoms. The van der Waals surface area contributed by atoms with Crippen LogP contribution in [0.25, 0.3) is 0 Å². The van der Waals surface area contributed by atoms with Gasteiger partial charge < -0.3 is 10.6 Å². The lowest BCUT2D eigenvalue weighted by Gasteiger charge is -2.34. The van der Waals surface area contributed by atoms with Gasteiger partial charge in [0.2, 0.25) is 0 Å². The van der Waals surface area contributed by atoms with Crippen molar-refractivity contribution >= 4 is 0 Å². The molecule has 4 heteroatoms. The number of alkyl halides is 2. The highest BCUT2D eigenvalue weighted by molar-refractivity contribution is 4.82. The SMILES string of the molecule is CC1(CNCC(F)F)CCNCC1. The summed E-state index contributed by atoms with van der Waals surface area (Å²) in [5.74, 6) is 0. The zero-order valence-corrected chi connectivity index (χ0v) is 8.08. The van der Waals surface area contributed by atoms with Crippen molar-refractivity contribution in [1.29, 1.82) is 0 Å². The summed E-state index contributed by atoms with van der Waals surface area (Å²) >= 11 is 0. The maximum Gasteiger partial charge on any atom is 0.250 e. The Balaban J connectivity index is 2.17. The third-order valence-electron chi connectivity index (χ3n) is 2.66. The topological polar surface area (TPSA) is 24.1 Å². The predicted octanol–water partition coefficient (Wildman–Crippen LogP) is 1.23. The van der Waals surface area contributed by atoms with Crippen LogP contribution in [0.4, 0.5) is 8.78 Å². The highest BCUT2D eigenvalue weighted by Crippen LogP contribution is 2.26. The van der Waals surface area contributed by atoms with Crippen molar-refractivity contribution in [3.63, 3.8) is 0 Å². The Morgan fingerprint density at radius 3 is 2.54 bits per heavy atom. The zero-order valence-electron chi connectivity index (χ0n) is 8.08. The standard InChI is InChI=1S/C9H18F2N2/c1-9(2-4-12-5-3-9)7-13-6-8(10)11/h8,12-13H,2-7H2,1H3. The minimum atomic E-state index is -2.23. The molecule has 0 atom stereocenters. The van der Waals surface area contributed by atoms with Crippen LogP contribution in [0.1, 0.15) is 19.8 Å². The number of hydrogen-bond donors (Lipinski definition) is 2. The average Bonchev–Trinajstić information content (AvgIpc) is 2.04. The largest absolute Gasteiger partial charge is 0.317 e. The molecule has 2 nitrogen and oxygen atoms in total. The summed E-state index contributed by atoms with van der Waals surface area (Å²) in [5, 5.41) is 6.08. The van der Waals surface area contributed by atoms with Crippen LogP contribution in [0.15, 0.2) is 0 Å². The smallest absolute Gasteiger partial charge is 0.250 e. The fraction of sp³-hybridized carbons (Fsp3) is 1.00. The summed E-state index contributed by atoms with van der Waals surface area (Å²) in [6.07, 6.45) is -0.0859. The van der Waals surface area contributed by atoms with Crippen LogP contribution < -0.4 is 10.6 Å². The molecule has 0 unspecified atom stereocenters. The summed E-state index contributed by atoms with van der Waals surface area (Å²) in [6, 6.07) is 0. The van der Waals surface area contributed by atoms with Crippen molar-refractivity contribution in [2.75, 3.05) is 26.2 Å². The van der Waals surface area contributed by atoms with Crippen molar-refractivity contribution in [2.24, 2.45) is 5.41 Å². The van der Waals surface area contributed by atoms with E-state index in [1.54, 1.807) is 0 Å². The van der Waals surface area contributed by atoms with Crippen molar-refractivity contribution in [3.8, 4) is 0 Å². The molecule has 1 heterocycles. The summed E-state index contributed by atoms with van der Waals surface area (Å²) in [5.41, 5.74) is 0.208. The lowest BCUT2D eigenvalue weighted by molar-refractivity contribution is 0.134. The first kappa shape index (κ1) is 10.9. The molecule has 0 aliphatic carbocycles. The molecule has 0 aromatic heterocycles. The Morgan fingerprint density at radius 2 is 2.00 bits per heavy atom. The monoisotopic (exact) mass is 192 g/mol. The van der Waals surface area contributed by atoms with Gasteiger partial charge in [-0.25, -0.2) is 8.78 Å². The molecule has 0 aromatic rings. The maximum absolute atomic E-state index is 11.8. The van der Waals surface area contributed by atoms with Gasteiger partial charge in [-0.1, -0.05) is 6.92 Å². The van der Waals surface area contributed by atoms with Crippen LogP contribution in [-0.2, 0) is 0 Å². The Hall–Kier alpha value is -0.220. The Labute approximate surface area is 78.1 Å². The van der Waals surface area contributed by atoms with Gasteiger partial charge in [0.1, 0.15) is 0 Å². The molecule has 0 spiro atoms. The van der Waals surface area contributed by atoms with Gasteiger partial charge in [-0.2, -0.15) is 0 Å². The first-order valence-corrected chi connectivity index (χ1v) is 4.82. The molecule has 0 radical (unpaired) electrons. The minimum absolute atomic E-state index is 0.178. The van der Waals surface area contributed by atoms with E-state index in [2.05, 4.69) is 17.6 Å². The van der Waals surface area contributed by atoms with Gasteiger partial charge in [0, 0.05) is 6.54 Å². The second-order valence-corrected chi connectivity index (χ2v) is 4.08. The van der Waals surface area contributed by atoms with Crippen LogP contribution in [-0.4, -0.2) is 32.6 Å². The van der Waals surface area contributed by atoms with E-state index in [-0.39, 0.29) is 12.0 Å². The van der Waals surface area contributed by atoms with Crippen LogP contribution in [0.2, 0.25) is 0 Å². The maximum atomic E-state index is 11.8. The van der Waals surface area contributed by atoms with Gasteiger partial charge in [-0.3, -0.25) is 0 Å². The molecule has 13 heavy (non-hydrogen) atoms. The molecule has 1 aliphatic heterocycles. The molecule has 78 valence electrons.